The van der Waals surface area contributed by atoms with Crippen LogP contribution >= 0.6 is 27.5 Å². The second-order valence-electron chi connectivity index (χ2n) is 4.02. The molecular formula is C13H11BrClNO2. The highest BCUT2D eigenvalue weighted by atomic mass is 79.9. The Bertz CT molecular complexity index is 634. The molecule has 0 aliphatic rings. The van der Waals surface area contributed by atoms with Crippen LogP contribution in [-0.2, 0) is 0 Å². The summed E-state index contributed by atoms with van der Waals surface area (Å²) in [5.41, 5.74) is 2.72. The van der Waals surface area contributed by atoms with Gasteiger partial charge in [-0.05, 0) is 54.0 Å². The Morgan fingerprint density at radius 2 is 2.00 bits per heavy atom. The van der Waals surface area contributed by atoms with Crippen molar-refractivity contribution in [1.29, 1.82) is 0 Å². The molecule has 0 saturated heterocycles. The average molecular weight is 329 g/mol. The number of aromatic carboxylic acids is 1. The van der Waals surface area contributed by atoms with Crippen molar-refractivity contribution in [2.75, 3.05) is 0 Å². The summed E-state index contributed by atoms with van der Waals surface area (Å²) in [7, 11) is 0. The molecule has 1 aromatic heterocycles. The monoisotopic (exact) mass is 327 g/mol. The van der Waals surface area contributed by atoms with Gasteiger partial charge in [0.1, 0.15) is 0 Å². The highest BCUT2D eigenvalue weighted by Gasteiger charge is 2.15. The Balaban J connectivity index is 2.64. The van der Waals surface area contributed by atoms with E-state index >= 15 is 0 Å². The molecule has 0 atom stereocenters. The minimum Gasteiger partial charge on any atom is -0.478 e. The van der Waals surface area contributed by atoms with Gasteiger partial charge < -0.3 is 9.67 Å². The van der Waals surface area contributed by atoms with Crippen LogP contribution in [0, 0.1) is 13.8 Å². The summed E-state index contributed by atoms with van der Waals surface area (Å²) in [6, 6.07) is 7.20. The van der Waals surface area contributed by atoms with E-state index in [-0.39, 0.29) is 0 Å². The summed E-state index contributed by atoms with van der Waals surface area (Å²) >= 11 is 9.39. The van der Waals surface area contributed by atoms with Crippen molar-refractivity contribution >= 4 is 33.5 Å². The molecule has 0 fully saturated rings. The molecule has 0 bridgehead atoms. The van der Waals surface area contributed by atoms with Gasteiger partial charge in [0.25, 0.3) is 0 Å². The van der Waals surface area contributed by atoms with Crippen LogP contribution in [0.3, 0.4) is 0 Å². The Morgan fingerprint density at radius 3 is 2.50 bits per heavy atom. The lowest BCUT2D eigenvalue weighted by Crippen LogP contribution is -2.02. The summed E-state index contributed by atoms with van der Waals surface area (Å²) in [6.07, 6.45) is 0. The number of hydrogen-bond donors (Lipinski definition) is 1. The van der Waals surface area contributed by atoms with Gasteiger partial charge in [-0.3, -0.25) is 0 Å². The lowest BCUT2D eigenvalue weighted by atomic mass is 10.2. The van der Waals surface area contributed by atoms with E-state index in [0.29, 0.717) is 16.3 Å². The van der Waals surface area contributed by atoms with E-state index in [9.17, 15) is 4.79 Å². The zero-order valence-electron chi connectivity index (χ0n) is 9.87. The fourth-order valence-corrected chi connectivity index (χ4v) is 2.42. The van der Waals surface area contributed by atoms with Crippen molar-refractivity contribution in [2.24, 2.45) is 0 Å². The van der Waals surface area contributed by atoms with Crippen molar-refractivity contribution in [3.63, 3.8) is 0 Å². The molecule has 0 amide bonds. The minimum atomic E-state index is -0.919. The normalized spacial score (nSPS) is 10.7. The molecule has 1 aromatic carbocycles. The zero-order valence-corrected chi connectivity index (χ0v) is 12.2. The number of carboxylic acids is 1. The first-order chi connectivity index (χ1) is 8.41. The fourth-order valence-electron chi connectivity index (χ4n) is 2.00. The first-order valence-electron chi connectivity index (χ1n) is 5.29. The number of rotatable bonds is 2. The van der Waals surface area contributed by atoms with Gasteiger partial charge in [-0.25, -0.2) is 4.79 Å². The smallest absolute Gasteiger partial charge is 0.337 e. The van der Waals surface area contributed by atoms with E-state index in [1.165, 1.54) is 0 Å². The number of nitrogens with zero attached hydrogens (tertiary/aromatic N) is 1. The molecule has 18 heavy (non-hydrogen) atoms. The van der Waals surface area contributed by atoms with Gasteiger partial charge >= 0.3 is 5.97 Å². The fraction of sp³-hybridized carbons (Fsp3) is 0.154. The van der Waals surface area contributed by atoms with E-state index in [2.05, 4.69) is 15.9 Å². The maximum Gasteiger partial charge on any atom is 0.337 e. The Morgan fingerprint density at radius 1 is 1.33 bits per heavy atom. The van der Waals surface area contributed by atoms with Gasteiger partial charge in [0.15, 0.2) is 0 Å². The van der Waals surface area contributed by atoms with Crippen LogP contribution in [0.4, 0.5) is 0 Å². The molecule has 1 heterocycles. The number of aromatic nitrogens is 1. The Hall–Kier alpha value is -1.26. The van der Waals surface area contributed by atoms with Crippen molar-refractivity contribution in [1.82, 2.24) is 4.57 Å². The van der Waals surface area contributed by atoms with Crippen LogP contribution in [-0.4, -0.2) is 15.6 Å². The van der Waals surface area contributed by atoms with Gasteiger partial charge in [-0.1, -0.05) is 11.6 Å². The van der Waals surface area contributed by atoms with E-state index in [4.69, 9.17) is 16.7 Å². The van der Waals surface area contributed by atoms with Crippen LogP contribution in [0.2, 0.25) is 5.02 Å². The molecule has 0 radical (unpaired) electrons. The maximum absolute atomic E-state index is 11.1. The van der Waals surface area contributed by atoms with Crippen molar-refractivity contribution in [3.8, 4) is 5.69 Å². The Kier molecular flexibility index (Phi) is 3.50. The van der Waals surface area contributed by atoms with Crippen LogP contribution in [0.25, 0.3) is 5.69 Å². The third-order valence-corrected chi connectivity index (χ3v) is 4.06. The van der Waals surface area contributed by atoms with E-state index < -0.39 is 5.97 Å². The van der Waals surface area contributed by atoms with Crippen LogP contribution in [0.15, 0.2) is 28.7 Å². The molecule has 0 saturated carbocycles. The molecule has 5 heteroatoms. The van der Waals surface area contributed by atoms with Gasteiger partial charge in [0.05, 0.1) is 10.6 Å². The highest BCUT2D eigenvalue weighted by molar-refractivity contribution is 9.10. The number of carboxylic acid groups (broad SMARTS) is 1. The molecule has 3 nitrogen and oxygen atoms in total. The molecule has 0 unspecified atom stereocenters. The van der Waals surface area contributed by atoms with Gasteiger partial charge in [0.2, 0.25) is 0 Å². The van der Waals surface area contributed by atoms with Crippen LogP contribution in [0.5, 0.6) is 0 Å². The zero-order chi connectivity index (χ0) is 13.4. The predicted octanol–water partition coefficient (Wildman–Crippen LogP) is 4.21. The number of benzene rings is 1. The third-order valence-electron chi connectivity index (χ3n) is 2.82. The van der Waals surface area contributed by atoms with Crippen molar-refractivity contribution < 1.29 is 9.90 Å². The summed E-state index contributed by atoms with van der Waals surface area (Å²) in [6.45, 7) is 3.65. The molecule has 0 aliphatic heterocycles. The van der Waals surface area contributed by atoms with Crippen LogP contribution < -0.4 is 0 Å². The predicted molar refractivity (Wildman–Crippen MR) is 74.9 cm³/mol. The van der Waals surface area contributed by atoms with Crippen molar-refractivity contribution in [3.05, 3.63) is 50.7 Å². The molecule has 0 aliphatic carbocycles. The Labute approximate surface area is 118 Å². The number of hydrogen-bond acceptors (Lipinski definition) is 1. The standard InChI is InChI=1S/C13H11BrClNO2/c1-7-5-10(13(17)18)8(2)16(7)9-3-4-11(14)12(15)6-9/h3-6H,1-2H3,(H,17,18). The lowest BCUT2D eigenvalue weighted by Gasteiger charge is -2.10. The van der Waals surface area contributed by atoms with E-state index in [0.717, 1.165) is 15.9 Å². The van der Waals surface area contributed by atoms with E-state index in [1.54, 1.807) is 19.1 Å². The minimum absolute atomic E-state index is 0.312. The molecule has 94 valence electrons. The largest absolute Gasteiger partial charge is 0.478 e. The molecule has 2 aromatic rings. The quantitative estimate of drug-likeness (QED) is 0.897. The number of carbonyl (C=O) groups is 1. The maximum atomic E-state index is 11.1. The summed E-state index contributed by atoms with van der Waals surface area (Å²) in [4.78, 5) is 11.1. The van der Waals surface area contributed by atoms with Gasteiger partial charge in [0, 0.05) is 21.5 Å². The molecular weight excluding hydrogens is 318 g/mol. The molecule has 0 spiro atoms. The third kappa shape index (κ3) is 2.18. The van der Waals surface area contributed by atoms with Gasteiger partial charge in [-0.2, -0.15) is 0 Å². The molecule has 1 N–H and O–H groups in total. The highest BCUT2D eigenvalue weighted by Crippen LogP contribution is 2.27. The first-order valence-corrected chi connectivity index (χ1v) is 6.46. The summed E-state index contributed by atoms with van der Waals surface area (Å²) in [5, 5.41) is 9.70. The van der Waals surface area contributed by atoms with E-state index in [1.807, 2.05) is 23.6 Å². The summed E-state index contributed by atoms with van der Waals surface area (Å²) < 4.78 is 2.69. The van der Waals surface area contributed by atoms with Crippen molar-refractivity contribution in [2.45, 2.75) is 13.8 Å². The molecule has 2 rings (SSSR count). The first kappa shape index (κ1) is 13.2. The summed E-state index contributed by atoms with van der Waals surface area (Å²) in [5.74, 6) is -0.919. The SMILES string of the molecule is Cc1cc(C(=O)O)c(C)n1-c1ccc(Br)c(Cl)c1. The number of aryl methyl sites for hydroxylation is 1. The topological polar surface area (TPSA) is 42.2 Å². The van der Waals surface area contributed by atoms with Crippen LogP contribution in [0.1, 0.15) is 21.7 Å². The average Bonchev–Trinajstić information content (AvgIpc) is 2.59. The lowest BCUT2D eigenvalue weighted by molar-refractivity contribution is 0.0696. The number of halogens is 2. The second kappa shape index (κ2) is 4.78. The second-order valence-corrected chi connectivity index (χ2v) is 5.29. The van der Waals surface area contributed by atoms with Gasteiger partial charge in [-0.15, -0.1) is 0 Å².